The first kappa shape index (κ1) is 18.0. The van der Waals surface area contributed by atoms with E-state index >= 15 is 0 Å². The molecule has 3 aromatic rings. The lowest BCUT2D eigenvalue weighted by Crippen LogP contribution is -2.30. The van der Waals surface area contributed by atoms with Gasteiger partial charge in [0.15, 0.2) is 0 Å². The van der Waals surface area contributed by atoms with Crippen LogP contribution in [0.15, 0.2) is 53.1 Å². The minimum absolute atomic E-state index is 0.0643. The molecule has 1 aliphatic rings. The molecule has 1 aliphatic heterocycles. The van der Waals surface area contributed by atoms with Gasteiger partial charge in [-0.05, 0) is 55.3 Å². The maximum Gasteiger partial charge on any atom is 0.254 e. The fourth-order valence-electron chi connectivity index (χ4n) is 3.42. The zero-order chi connectivity index (χ0) is 19.5. The van der Waals surface area contributed by atoms with Crippen LogP contribution in [0.25, 0.3) is 11.4 Å². The molecule has 7 nitrogen and oxygen atoms in total. The van der Waals surface area contributed by atoms with Gasteiger partial charge in [-0.15, -0.1) is 0 Å². The van der Waals surface area contributed by atoms with Gasteiger partial charge >= 0.3 is 0 Å². The van der Waals surface area contributed by atoms with Crippen molar-refractivity contribution < 1.29 is 18.8 Å². The summed E-state index contributed by atoms with van der Waals surface area (Å²) >= 11 is 0. The van der Waals surface area contributed by atoms with Crippen LogP contribution < -0.4 is 9.47 Å². The minimum atomic E-state index is -0.224. The number of ether oxygens (including phenoxy) is 2. The second-order valence-corrected chi connectivity index (χ2v) is 6.57. The summed E-state index contributed by atoms with van der Waals surface area (Å²) in [5, 5.41) is 4.10. The SMILES string of the molecule is COc1ccc(-c2noc(C3CCCN3C(=O)c3cccc(OC)c3)n2)cc1. The third kappa shape index (κ3) is 3.43. The van der Waals surface area contributed by atoms with E-state index in [9.17, 15) is 4.79 Å². The van der Waals surface area contributed by atoms with E-state index in [-0.39, 0.29) is 11.9 Å². The summed E-state index contributed by atoms with van der Waals surface area (Å²) in [6, 6.07) is 14.4. The molecule has 28 heavy (non-hydrogen) atoms. The van der Waals surface area contributed by atoms with Gasteiger partial charge in [0, 0.05) is 17.7 Å². The fourth-order valence-corrected chi connectivity index (χ4v) is 3.42. The first-order valence-electron chi connectivity index (χ1n) is 9.12. The zero-order valence-corrected chi connectivity index (χ0v) is 15.8. The Labute approximate surface area is 162 Å². The van der Waals surface area contributed by atoms with Crippen molar-refractivity contribution in [2.24, 2.45) is 0 Å². The van der Waals surface area contributed by atoms with Crippen LogP contribution >= 0.6 is 0 Å². The van der Waals surface area contributed by atoms with Gasteiger partial charge in [-0.25, -0.2) is 0 Å². The third-order valence-corrected chi connectivity index (χ3v) is 4.91. The molecular formula is C21H21N3O4. The van der Waals surface area contributed by atoms with Crippen LogP contribution in [0.4, 0.5) is 0 Å². The van der Waals surface area contributed by atoms with E-state index in [1.807, 2.05) is 36.4 Å². The van der Waals surface area contributed by atoms with Gasteiger partial charge in [-0.1, -0.05) is 11.2 Å². The first-order valence-corrected chi connectivity index (χ1v) is 9.12. The molecule has 0 spiro atoms. The van der Waals surface area contributed by atoms with Crippen LogP contribution in [0.3, 0.4) is 0 Å². The molecule has 1 atom stereocenters. The van der Waals surface area contributed by atoms with Crippen molar-refractivity contribution in [2.45, 2.75) is 18.9 Å². The van der Waals surface area contributed by atoms with Gasteiger partial charge in [0.25, 0.3) is 5.91 Å². The summed E-state index contributed by atoms with van der Waals surface area (Å²) < 4.78 is 15.9. The van der Waals surface area contributed by atoms with Crippen LogP contribution in [0, 0.1) is 0 Å². The average molecular weight is 379 g/mol. The number of hydrogen-bond acceptors (Lipinski definition) is 6. The minimum Gasteiger partial charge on any atom is -0.497 e. The Balaban J connectivity index is 1.56. The molecule has 1 saturated heterocycles. The van der Waals surface area contributed by atoms with Crippen molar-refractivity contribution in [3.63, 3.8) is 0 Å². The van der Waals surface area contributed by atoms with E-state index in [0.29, 0.717) is 29.6 Å². The van der Waals surface area contributed by atoms with Crippen LogP contribution in [-0.4, -0.2) is 41.7 Å². The second-order valence-electron chi connectivity index (χ2n) is 6.57. The van der Waals surface area contributed by atoms with Gasteiger partial charge < -0.3 is 18.9 Å². The molecule has 1 unspecified atom stereocenters. The highest BCUT2D eigenvalue weighted by molar-refractivity contribution is 5.95. The van der Waals surface area contributed by atoms with Crippen molar-refractivity contribution in [3.05, 3.63) is 60.0 Å². The Kier molecular flexibility index (Phi) is 4.97. The summed E-state index contributed by atoms with van der Waals surface area (Å²) in [4.78, 5) is 19.3. The summed E-state index contributed by atoms with van der Waals surface area (Å²) in [6.45, 7) is 0.654. The van der Waals surface area contributed by atoms with Gasteiger partial charge in [0.05, 0.1) is 14.2 Å². The van der Waals surface area contributed by atoms with E-state index in [1.165, 1.54) is 0 Å². The molecule has 0 bridgehead atoms. The Morgan fingerprint density at radius 1 is 1.11 bits per heavy atom. The van der Waals surface area contributed by atoms with Crippen LogP contribution in [0.2, 0.25) is 0 Å². The highest BCUT2D eigenvalue weighted by Gasteiger charge is 2.34. The first-order chi connectivity index (χ1) is 13.7. The van der Waals surface area contributed by atoms with Crippen LogP contribution in [-0.2, 0) is 0 Å². The molecule has 0 aliphatic carbocycles. The number of aromatic nitrogens is 2. The summed E-state index contributed by atoms with van der Waals surface area (Å²) in [6.07, 6.45) is 1.68. The highest BCUT2D eigenvalue weighted by Crippen LogP contribution is 2.33. The van der Waals surface area contributed by atoms with Gasteiger partial charge in [0.2, 0.25) is 11.7 Å². The van der Waals surface area contributed by atoms with Crippen LogP contribution in [0.5, 0.6) is 11.5 Å². The van der Waals surface area contributed by atoms with E-state index < -0.39 is 0 Å². The predicted molar refractivity (Wildman–Crippen MR) is 102 cm³/mol. The molecule has 7 heteroatoms. The normalized spacial score (nSPS) is 16.2. The Bertz CT molecular complexity index is 968. The van der Waals surface area contributed by atoms with Crippen LogP contribution in [0.1, 0.15) is 35.1 Å². The predicted octanol–water partition coefficient (Wildman–Crippen LogP) is 3.73. The number of carbonyl (C=O) groups is 1. The standard InChI is InChI=1S/C21H21N3O4/c1-26-16-10-8-14(9-11-16)19-22-20(28-23-19)18-7-4-12-24(18)21(25)15-5-3-6-17(13-15)27-2/h3,5-6,8-11,13,18H,4,7,12H2,1-2H3. The van der Waals surface area contributed by atoms with Gasteiger partial charge in [0.1, 0.15) is 17.5 Å². The summed E-state index contributed by atoms with van der Waals surface area (Å²) in [5.74, 6) is 2.31. The number of benzene rings is 2. The lowest BCUT2D eigenvalue weighted by molar-refractivity contribution is 0.0709. The van der Waals surface area contributed by atoms with E-state index in [4.69, 9.17) is 14.0 Å². The largest absolute Gasteiger partial charge is 0.497 e. The molecule has 1 fully saturated rings. The van der Waals surface area contributed by atoms with Crippen molar-refractivity contribution in [2.75, 3.05) is 20.8 Å². The molecule has 0 saturated carbocycles. The Morgan fingerprint density at radius 3 is 2.64 bits per heavy atom. The molecular weight excluding hydrogens is 358 g/mol. The fraction of sp³-hybridized carbons (Fsp3) is 0.286. The molecule has 0 N–H and O–H groups in total. The number of likely N-dealkylation sites (tertiary alicyclic amines) is 1. The maximum atomic E-state index is 13.0. The monoisotopic (exact) mass is 379 g/mol. The topological polar surface area (TPSA) is 77.7 Å². The summed E-state index contributed by atoms with van der Waals surface area (Å²) in [7, 11) is 3.21. The number of rotatable bonds is 5. The number of nitrogens with zero attached hydrogens (tertiary/aromatic N) is 3. The quantitative estimate of drug-likeness (QED) is 0.672. The third-order valence-electron chi connectivity index (χ3n) is 4.91. The zero-order valence-electron chi connectivity index (χ0n) is 15.8. The maximum absolute atomic E-state index is 13.0. The molecule has 4 rings (SSSR count). The van der Waals surface area contributed by atoms with Gasteiger partial charge in [-0.3, -0.25) is 4.79 Å². The lowest BCUT2D eigenvalue weighted by Gasteiger charge is -2.22. The van der Waals surface area contributed by atoms with Gasteiger partial charge in [-0.2, -0.15) is 4.98 Å². The van der Waals surface area contributed by atoms with Crippen molar-refractivity contribution in [1.82, 2.24) is 15.0 Å². The second kappa shape index (κ2) is 7.72. The summed E-state index contributed by atoms with van der Waals surface area (Å²) in [5.41, 5.74) is 1.42. The smallest absolute Gasteiger partial charge is 0.254 e. The molecule has 2 aromatic carbocycles. The molecule has 1 amide bonds. The number of amides is 1. The van der Waals surface area contributed by atoms with Crippen molar-refractivity contribution in [1.29, 1.82) is 0 Å². The Hall–Kier alpha value is -3.35. The van der Waals surface area contributed by atoms with Crippen molar-refractivity contribution >= 4 is 5.91 Å². The number of carbonyl (C=O) groups excluding carboxylic acids is 1. The lowest BCUT2D eigenvalue weighted by atomic mass is 10.1. The van der Waals surface area contributed by atoms with E-state index in [0.717, 1.165) is 24.2 Å². The van der Waals surface area contributed by atoms with E-state index in [2.05, 4.69) is 10.1 Å². The van der Waals surface area contributed by atoms with Crippen molar-refractivity contribution in [3.8, 4) is 22.9 Å². The van der Waals surface area contributed by atoms with E-state index in [1.54, 1.807) is 31.3 Å². The molecule has 0 radical (unpaired) electrons. The highest BCUT2D eigenvalue weighted by atomic mass is 16.5. The molecule has 144 valence electrons. The number of methoxy groups -OCH3 is 2. The molecule has 1 aromatic heterocycles. The Morgan fingerprint density at radius 2 is 1.89 bits per heavy atom. The number of hydrogen-bond donors (Lipinski definition) is 0. The average Bonchev–Trinajstić information content (AvgIpc) is 3.43. The molecule has 2 heterocycles.